The molecule has 0 aliphatic heterocycles. The van der Waals surface area contributed by atoms with Crippen molar-refractivity contribution in [3.05, 3.63) is 58.0 Å². The summed E-state index contributed by atoms with van der Waals surface area (Å²) in [6.45, 7) is 3.16. The van der Waals surface area contributed by atoms with E-state index in [1.807, 2.05) is 6.07 Å². The second-order valence-corrected chi connectivity index (χ2v) is 6.16. The Bertz CT molecular complexity index is 605. The van der Waals surface area contributed by atoms with Gasteiger partial charge in [0.2, 0.25) is 0 Å². The molecule has 1 aliphatic carbocycles. The number of halogens is 1. The Labute approximate surface area is 131 Å². The lowest BCUT2D eigenvalue weighted by atomic mass is 9.98. The minimum Gasteiger partial charge on any atom is -0.453 e. The van der Waals surface area contributed by atoms with Crippen molar-refractivity contribution in [3.63, 3.8) is 0 Å². The summed E-state index contributed by atoms with van der Waals surface area (Å²) < 4.78 is 5.26. The molecular weight excluding hydrogens is 282 g/mol. The minimum absolute atomic E-state index is 0.218. The molecule has 0 spiro atoms. The summed E-state index contributed by atoms with van der Waals surface area (Å²) >= 11 is 6.17. The average Bonchev–Trinajstić information content (AvgIpc) is 3.11. The third-order valence-corrected chi connectivity index (χ3v) is 4.57. The maximum absolute atomic E-state index is 6.17. The summed E-state index contributed by atoms with van der Waals surface area (Å²) in [4.78, 5) is 0. The fourth-order valence-corrected chi connectivity index (χ4v) is 3.40. The van der Waals surface area contributed by atoms with E-state index in [1.54, 1.807) is 6.26 Å². The van der Waals surface area contributed by atoms with Crippen LogP contribution in [0.5, 0.6) is 0 Å². The van der Waals surface area contributed by atoms with Gasteiger partial charge in [-0.3, -0.25) is 0 Å². The van der Waals surface area contributed by atoms with Crippen molar-refractivity contribution >= 4 is 11.6 Å². The molecule has 0 bridgehead atoms. The van der Waals surface area contributed by atoms with Crippen LogP contribution in [0.4, 0.5) is 0 Å². The van der Waals surface area contributed by atoms with E-state index in [1.165, 1.54) is 36.0 Å². The van der Waals surface area contributed by atoms with E-state index in [0.717, 1.165) is 24.9 Å². The number of rotatable bonds is 6. The SMILES string of the molecule is CCCNC(Cc1ccc2c(c1)CCC2)c1ccoc1Cl. The van der Waals surface area contributed by atoms with Crippen LogP contribution in [0.1, 0.15) is 48.1 Å². The van der Waals surface area contributed by atoms with Gasteiger partial charge in [-0.15, -0.1) is 0 Å². The van der Waals surface area contributed by atoms with Gasteiger partial charge in [0.05, 0.1) is 6.26 Å². The van der Waals surface area contributed by atoms with Gasteiger partial charge in [-0.1, -0.05) is 25.1 Å². The molecule has 3 heteroatoms. The van der Waals surface area contributed by atoms with Crippen LogP contribution in [0.2, 0.25) is 5.22 Å². The molecule has 112 valence electrons. The van der Waals surface area contributed by atoms with Gasteiger partial charge in [-0.05, 0) is 73.0 Å². The normalized spacial score (nSPS) is 15.1. The van der Waals surface area contributed by atoms with Crippen LogP contribution >= 0.6 is 11.6 Å². The van der Waals surface area contributed by atoms with Crippen molar-refractivity contribution in [2.45, 2.75) is 45.1 Å². The van der Waals surface area contributed by atoms with Gasteiger partial charge in [0.1, 0.15) is 0 Å². The van der Waals surface area contributed by atoms with E-state index < -0.39 is 0 Å². The quantitative estimate of drug-likeness (QED) is 0.836. The Kier molecular flexibility index (Phi) is 4.67. The fraction of sp³-hybridized carbons (Fsp3) is 0.444. The molecule has 0 saturated carbocycles. The highest BCUT2D eigenvalue weighted by molar-refractivity contribution is 6.29. The standard InChI is InChI=1S/C18H22ClNO/c1-2-9-20-17(16-8-10-21-18(16)19)12-13-6-7-14-4-3-5-15(14)11-13/h6-8,10-11,17,20H,2-5,9,12H2,1H3. The zero-order valence-corrected chi connectivity index (χ0v) is 13.2. The molecule has 1 N–H and O–H groups in total. The lowest BCUT2D eigenvalue weighted by Gasteiger charge is -2.18. The molecule has 2 aromatic rings. The molecule has 1 aliphatic rings. The molecule has 3 rings (SSSR count). The molecule has 21 heavy (non-hydrogen) atoms. The number of nitrogens with one attached hydrogen (secondary N) is 1. The number of aryl methyl sites for hydroxylation is 2. The molecule has 0 saturated heterocycles. The largest absolute Gasteiger partial charge is 0.453 e. The third kappa shape index (κ3) is 3.33. The minimum atomic E-state index is 0.218. The summed E-state index contributed by atoms with van der Waals surface area (Å²) in [5, 5.41) is 4.09. The predicted molar refractivity (Wildman–Crippen MR) is 86.9 cm³/mol. The van der Waals surface area contributed by atoms with Crippen LogP contribution in [0, 0.1) is 0 Å². The summed E-state index contributed by atoms with van der Waals surface area (Å²) in [6, 6.07) is 9.13. The van der Waals surface area contributed by atoms with Crippen LogP contribution in [0.15, 0.2) is 34.9 Å². The van der Waals surface area contributed by atoms with Crippen LogP contribution in [-0.2, 0) is 19.3 Å². The van der Waals surface area contributed by atoms with Crippen molar-refractivity contribution in [1.29, 1.82) is 0 Å². The van der Waals surface area contributed by atoms with Crippen molar-refractivity contribution < 1.29 is 4.42 Å². The van der Waals surface area contributed by atoms with Gasteiger partial charge in [-0.2, -0.15) is 0 Å². The van der Waals surface area contributed by atoms with E-state index >= 15 is 0 Å². The number of hydrogen-bond donors (Lipinski definition) is 1. The third-order valence-electron chi connectivity index (χ3n) is 4.26. The number of fused-ring (bicyclic) bond motifs is 1. The molecule has 0 amide bonds. The van der Waals surface area contributed by atoms with Crippen LogP contribution in [0.3, 0.4) is 0 Å². The van der Waals surface area contributed by atoms with Crippen LogP contribution in [0.25, 0.3) is 0 Å². The summed E-state index contributed by atoms with van der Waals surface area (Å²) in [6.07, 6.45) is 7.48. The van der Waals surface area contributed by atoms with Crippen LogP contribution in [-0.4, -0.2) is 6.54 Å². The second-order valence-electron chi connectivity index (χ2n) is 5.82. The fourth-order valence-electron chi connectivity index (χ4n) is 3.15. The van der Waals surface area contributed by atoms with Gasteiger partial charge < -0.3 is 9.73 Å². The Morgan fingerprint density at radius 2 is 2.10 bits per heavy atom. The van der Waals surface area contributed by atoms with E-state index in [9.17, 15) is 0 Å². The molecular formula is C18H22ClNO. The molecule has 1 aromatic carbocycles. The van der Waals surface area contributed by atoms with Crippen molar-refractivity contribution in [2.75, 3.05) is 6.54 Å². The van der Waals surface area contributed by atoms with E-state index in [4.69, 9.17) is 16.0 Å². The van der Waals surface area contributed by atoms with E-state index in [0.29, 0.717) is 5.22 Å². The Hall–Kier alpha value is -1.25. The Morgan fingerprint density at radius 3 is 2.86 bits per heavy atom. The van der Waals surface area contributed by atoms with Gasteiger partial charge in [0, 0.05) is 11.6 Å². The lowest BCUT2D eigenvalue weighted by molar-refractivity contribution is 0.513. The predicted octanol–water partition coefficient (Wildman–Crippen LogP) is 4.71. The maximum atomic E-state index is 6.17. The first-order valence-corrected chi connectivity index (χ1v) is 8.22. The highest BCUT2D eigenvalue weighted by Crippen LogP contribution is 2.29. The van der Waals surface area contributed by atoms with Crippen molar-refractivity contribution in [1.82, 2.24) is 5.32 Å². The first kappa shape index (κ1) is 14.7. The van der Waals surface area contributed by atoms with Gasteiger partial charge >= 0.3 is 0 Å². The molecule has 1 unspecified atom stereocenters. The average molecular weight is 304 g/mol. The summed E-state index contributed by atoms with van der Waals surface area (Å²) in [7, 11) is 0. The van der Waals surface area contributed by atoms with Crippen LogP contribution < -0.4 is 5.32 Å². The highest BCUT2D eigenvalue weighted by Gasteiger charge is 2.18. The monoisotopic (exact) mass is 303 g/mol. The summed E-state index contributed by atoms with van der Waals surface area (Å²) in [5.74, 6) is 0. The first-order chi connectivity index (χ1) is 10.3. The molecule has 2 nitrogen and oxygen atoms in total. The topological polar surface area (TPSA) is 25.2 Å². The van der Waals surface area contributed by atoms with E-state index in [2.05, 4.69) is 30.4 Å². The second kappa shape index (κ2) is 6.67. The smallest absolute Gasteiger partial charge is 0.197 e. The number of hydrogen-bond acceptors (Lipinski definition) is 2. The highest BCUT2D eigenvalue weighted by atomic mass is 35.5. The number of furan rings is 1. The molecule has 1 aromatic heterocycles. The van der Waals surface area contributed by atoms with Gasteiger partial charge in [0.25, 0.3) is 0 Å². The zero-order chi connectivity index (χ0) is 14.7. The Balaban J connectivity index is 1.79. The van der Waals surface area contributed by atoms with Gasteiger partial charge in [0.15, 0.2) is 5.22 Å². The number of benzene rings is 1. The van der Waals surface area contributed by atoms with Crippen molar-refractivity contribution in [2.24, 2.45) is 0 Å². The Morgan fingerprint density at radius 1 is 1.24 bits per heavy atom. The summed E-state index contributed by atoms with van der Waals surface area (Å²) in [5.41, 5.74) is 5.49. The molecule has 1 atom stereocenters. The van der Waals surface area contributed by atoms with E-state index in [-0.39, 0.29) is 6.04 Å². The molecule has 0 radical (unpaired) electrons. The van der Waals surface area contributed by atoms with Gasteiger partial charge in [-0.25, -0.2) is 0 Å². The lowest BCUT2D eigenvalue weighted by Crippen LogP contribution is -2.24. The first-order valence-electron chi connectivity index (χ1n) is 7.85. The van der Waals surface area contributed by atoms with Crippen molar-refractivity contribution in [3.8, 4) is 0 Å². The molecule has 0 fully saturated rings. The zero-order valence-electron chi connectivity index (χ0n) is 12.5. The molecule has 1 heterocycles. The maximum Gasteiger partial charge on any atom is 0.197 e.